The number of hydrogen-bond acceptors (Lipinski definition) is 3. The third-order valence-corrected chi connectivity index (χ3v) is 2.67. The summed E-state index contributed by atoms with van der Waals surface area (Å²) in [6, 6.07) is 0.301. The Labute approximate surface area is 80.6 Å². The Balaban J connectivity index is 2.09. The van der Waals surface area contributed by atoms with Crippen LogP contribution in [0.5, 0.6) is 0 Å². The summed E-state index contributed by atoms with van der Waals surface area (Å²) in [7, 11) is 0. The molecule has 1 aliphatic rings. The molecule has 0 aromatic heterocycles. The maximum atomic E-state index is 6.05. The van der Waals surface area contributed by atoms with E-state index in [0.717, 1.165) is 45.7 Å². The molecule has 1 unspecified atom stereocenters. The van der Waals surface area contributed by atoms with Gasteiger partial charge < -0.3 is 15.2 Å². The molecule has 78 valence electrons. The second-order valence-electron chi connectivity index (χ2n) is 3.60. The van der Waals surface area contributed by atoms with Crippen molar-refractivity contribution in [1.29, 1.82) is 0 Å². The summed E-state index contributed by atoms with van der Waals surface area (Å²) in [5.74, 6) is 0.647. The molecule has 1 heterocycles. The van der Waals surface area contributed by atoms with E-state index in [0.29, 0.717) is 12.0 Å². The zero-order chi connectivity index (χ0) is 9.52. The zero-order valence-electron chi connectivity index (χ0n) is 8.50. The van der Waals surface area contributed by atoms with Gasteiger partial charge in [0, 0.05) is 32.5 Å². The van der Waals surface area contributed by atoms with E-state index in [1.165, 1.54) is 0 Å². The first-order valence-electron chi connectivity index (χ1n) is 5.25. The molecule has 1 rings (SSSR count). The van der Waals surface area contributed by atoms with E-state index >= 15 is 0 Å². The molecule has 1 saturated heterocycles. The van der Waals surface area contributed by atoms with Crippen molar-refractivity contribution in [2.45, 2.75) is 32.2 Å². The van der Waals surface area contributed by atoms with Gasteiger partial charge in [0.25, 0.3) is 0 Å². The van der Waals surface area contributed by atoms with Crippen LogP contribution in [0.2, 0.25) is 0 Å². The zero-order valence-corrected chi connectivity index (χ0v) is 8.50. The van der Waals surface area contributed by atoms with Crippen LogP contribution in [0.3, 0.4) is 0 Å². The third kappa shape index (κ3) is 4.07. The van der Waals surface area contributed by atoms with Crippen LogP contribution in [0.1, 0.15) is 26.2 Å². The van der Waals surface area contributed by atoms with Gasteiger partial charge >= 0.3 is 0 Å². The maximum Gasteiger partial charge on any atom is 0.0480 e. The standard InChI is InChI=1S/C10H21NO2/c1-2-12-8-5-10(11)9-3-6-13-7-4-9/h9-10H,2-8,11H2,1H3. The number of hydrogen-bond donors (Lipinski definition) is 1. The van der Waals surface area contributed by atoms with Crippen molar-refractivity contribution in [3.63, 3.8) is 0 Å². The summed E-state index contributed by atoms with van der Waals surface area (Å²) in [6.45, 7) is 5.37. The van der Waals surface area contributed by atoms with E-state index in [1.807, 2.05) is 6.92 Å². The predicted molar refractivity (Wildman–Crippen MR) is 52.6 cm³/mol. The molecule has 0 aromatic carbocycles. The molecule has 0 spiro atoms. The lowest BCUT2D eigenvalue weighted by atomic mass is 9.91. The summed E-state index contributed by atoms with van der Waals surface area (Å²) in [5, 5.41) is 0. The van der Waals surface area contributed by atoms with E-state index in [-0.39, 0.29) is 0 Å². The maximum absolute atomic E-state index is 6.05. The number of nitrogens with two attached hydrogens (primary N) is 1. The van der Waals surface area contributed by atoms with Crippen molar-refractivity contribution in [2.75, 3.05) is 26.4 Å². The normalized spacial score (nSPS) is 21.7. The van der Waals surface area contributed by atoms with Gasteiger partial charge in [0.2, 0.25) is 0 Å². The van der Waals surface area contributed by atoms with Gasteiger partial charge in [-0.15, -0.1) is 0 Å². The van der Waals surface area contributed by atoms with Crippen LogP contribution >= 0.6 is 0 Å². The van der Waals surface area contributed by atoms with Gasteiger partial charge in [-0.2, -0.15) is 0 Å². The lowest BCUT2D eigenvalue weighted by Crippen LogP contribution is -2.35. The molecule has 2 N–H and O–H groups in total. The molecule has 1 fully saturated rings. The molecule has 0 saturated carbocycles. The molecule has 0 bridgehead atoms. The summed E-state index contributed by atoms with van der Waals surface area (Å²) < 4.78 is 10.6. The Morgan fingerprint density at radius 1 is 1.46 bits per heavy atom. The fourth-order valence-corrected chi connectivity index (χ4v) is 1.74. The third-order valence-electron chi connectivity index (χ3n) is 2.67. The van der Waals surface area contributed by atoms with Crippen molar-refractivity contribution < 1.29 is 9.47 Å². The largest absolute Gasteiger partial charge is 0.382 e. The van der Waals surface area contributed by atoms with Gasteiger partial charge in [0.1, 0.15) is 0 Å². The van der Waals surface area contributed by atoms with Gasteiger partial charge in [-0.1, -0.05) is 0 Å². The lowest BCUT2D eigenvalue weighted by Gasteiger charge is -2.27. The minimum atomic E-state index is 0.301. The van der Waals surface area contributed by atoms with Gasteiger partial charge in [0.15, 0.2) is 0 Å². The monoisotopic (exact) mass is 187 g/mol. The molecular formula is C10H21NO2. The Kier molecular flexibility index (Phi) is 5.35. The van der Waals surface area contributed by atoms with Crippen molar-refractivity contribution >= 4 is 0 Å². The van der Waals surface area contributed by atoms with Crippen LogP contribution in [0.15, 0.2) is 0 Å². The average Bonchev–Trinajstić information content (AvgIpc) is 2.19. The van der Waals surface area contributed by atoms with Crippen molar-refractivity contribution in [1.82, 2.24) is 0 Å². The van der Waals surface area contributed by atoms with Crippen LogP contribution in [0, 0.1) is 5.92 Å². The molecule has 0 aromatic rings. The Bertz CT molecular complexity index is 124. The van der Waals surface area contributed by atoms with Crippen molar-refractivity contribution in [3.8, 4) is 0 Å². The van der Waals surface area contributed by atoms with Gasteiger partial charge in [-0.3, -0.25) is 0 Å². The first kappa shape index (κ1) is 11.0. The molecule has 0 aliphatic carbocycles. The first-order chi connectivity index (χ1) is 6.34. The van der Waals surface area contributed by atoms with Crippen molar-refractivity contribution in [2.24, 2.45) is 11.7 Å². The average molecular weight is 187 g/mol. The van der Waals surface area contributed by atoms with Crippen LogP contribution in [0.25, 0.3) is 0 Å². The minimum absolute atomic E-state index is 0.301. The summed E-state index contributed by atoms with van der Waals surface area (Å²) in [6.07, 6.45) is 3.22. The molecule has 13 heavy (non-hydrogen) atoms. The van der Waals surface area contributed by atoms with E-state index in [1.54, 1.807) is 0 Å². The molecule has 3 heteroatoms. The predicted octanol–water partition coefficient (Wildman–Crippen LogP) is 1.17. The molecule has 1 atom stereocenters. The summed E-state index contributed by atoms with van der Waals surface area (Å²) in [4.78, 5) is 0. The second kappa shape index (κ2) is 6.35. The highest BCUT2D eigenvalue weighted by atomic mass is 16.5. The molecule has 0 radical (unpaired) electrons. The Morgan fingerprint density at radius 2 is 2.15 bits per heavy atom. The van der Waals surface area contributed by atoms with Crippen LogP contribution in [0.4, 0.5) is 0 Å². The molecule has 0 amide bonds. The van der Waals surface area contributed by atoms with E-state index in [2.05, 4.69) is 0 Å². The highest BCUT2D eigenvalue weighted by Crippen LogP contribution is 2.19. The van der Waals surface area contributed by atoms with E-state index in [4.69, 9.17) is 15.2 Å². The fourth-order valence-electron chi connectivity index (χ4n) is 1.74. The minimum Gasteiger partial charge on any atom is -0.382 e. The summed E-state index contributed by atoms with van der Waals surface area (Å²) in [5.41, 5.74) is 6.05. The molecule has 3 nitrogen and oxygen atoms in total. The lowest BCUT2D eigenvalue weighted by molar-refractivity contribution is 0.0517. The SMILES string of the molecule is CCOCCC(N)C1CCOCC1. The second-order valence-corrected chi connectivity index (χ2v) is 3.60. The number of rotatable bonds is 5. The highest BCUT2D eigenvalue weighted by molar-refractivity contribution is 4.75. The van der Waals surface area contributed by atoms with E-state index in [9.17, 15) is 0 Å². The van der Waals surface area contributed by atoms with Crippen LogP contribution in [-0.2, 0) is 9.47 Å². The Hall–Kier alpha value is -0.120. The quantitative estimate of drug-likeness (QED) is 0.657. The van der Waals surface area contributed by atoms with Crippen molar-refractivity contribution in [3.05, 3.63) is 0 Å². The van der Waals surface area contributed by atoms with Crippen LogP contribution < -0.4 is 5.73 Å². The first-order valence-corrected chi connectivity index (χ1v) is 5.25. The Morgan fingerprint density at radius 3 is 2.77 bits per heavy atom. The van der Waals surface area contributed by atoms with Crippen LogP contribution in [-0.4, -0.2) is 32.5 Å². The molecular weight excluding hydrogens is 166 g/mol. The van der Waals surface area contributed by atoms with Gasteiger partial charge in [-0.05, 0) is 32.1 Å². The number of ether oxygens (including phenoxy) is 2. The highest BCUT2D eigenvalue weighted by Gasteiger charge is 2.20. The van der Waals surface area contributed by atoms with Gasteiger partial charge in [0.05, 0.1) is 0 Å². The summed E-state index contributed by atoms with van der Waals surface area (Å²) >= 11 is 0. The molecule has 1 aliphatic heterocycles. The fraction of sp³-hybridized carbons (Fsp3) is 1.00. The van der Waals surface area contributed by atoms with E-state index < -0.39 is 0 Å². The smallest absolute Gasteiger partial charge is 0.0480 e. The topological polar surface area (TPSA) is 44.5 Å². The van der Waals surface area contributed by atoms with Gasteiger partial charge in [-0.25, -0.2) is 0 Å².